The molecule has 0 N–H and O–H groups in total. The largest absolute Gasteiger partial charge is 0.302 e. The third kappa shape index (κ3) is 2.22. The van der Waals surface area contributed by atoms with Crippen molar-refractivity contribution in [3.8, 4) is 0 Å². The molecule has 0 aliphatic rings. The second kappa shape index (κ2) is 4.26. The second-order valence-corrected chi connectivity index (χ2v) is 4.01. The minimum atomic E-state index is -0.313. The van der Waals surface area contributed by atoms with Gasteiger partial charge in [0.2, 0.25) is 0 Å². The van der Waals surface area contributed by atoms with E-state index >= 15 is 0 Å². The van der Waals surface area contributed by atoms with Crippen molar-refractivity contribution >= 4 is 45.4 Å². The predicted molar refractivity (Wildman–Crippen MR) is 54.2 cm³/mol. The van der Waals surface area contributed by atoms with Gasteiger partial charge >= 0.3 is 0 Å². The normalized spacial score (nSPS) is 12.6. The number of alkyl halides is 1. The van der Waals surface area contributed by atoms with Crippen molar-refractivity contribution in [2.75, 3.05) is 0 Å². The summed E-state index contributed by atoms with van der Waals surface area (Å²) in [5.41, 5.74) is 0.805. The summed E-state index contributed by atoms with van der Waals surface area (Å²) in [6.07, 6.45) is 0.791. The van der Waals surface area contributed by atoms with Gasteiger partial charge in [-0.2, -0.15) is 0 Å². The van der Waals surface area contributed by atoms with Crippen molar-refractivity contribution in [2.45, 2.75) is 4.83 Å². The monoisotopic (exact) mass is 266 g/mol. The molecule has 0 aromatic heterocycles. The number of hydrogen-bond acceptors (Lipinski definition) is 1. The second-order valence-electron chi connectivity index (χ2n) is 2.21. The maximum absolute atomic E-state index is 10.4. The first kappa shape index (κ1) is 10.0. The van der Waals surface area contributed by atoms with Crippen LogP contribution in [0, 0.1) is 0 Å². The topological polar surface area (TPSA) is 17.1 Å². The first-order valence-electron chi connectivity index (χ1n) is 3.19. The Hall–Kier alpha value is -0.0500. The van der Waals surface area contributed by atoms with Crippen molar-refractivity contribution in [1.29, 1.82) is 0 Å². The number of benzene rings is 1. The summed E-state index contributed by atoms with van der Waals surface area (Å²) >= 11 is 14.6. The molecule has 0 spiro atoms. The number of hydrogen-bond donors (Lipinski definition) is 0. The van der Waals surface area contributed by atoms with E-state index < -0.39 is 0 Å². The van der Waals surface area contributed by atoms with Crippen LogP contribution in [-0.2, 0) is 4.79 Å². The Bertz CT molecular complexity index is 301. The zero-order valence-corrected chi connectivity index (χ0v) is 9.03. The number of aldehydes is 1. The molecule has 0 amide bonds. The Morgan fingerprint density at radius 1 is 1.33 bits per heavy atom. The number of halogens is 3. The van der Waals surface area contributed by atoms with Crippen LogP contribution >= 0.6 is 39.1 Å². The van der Waals surface area contributed by atoms with E-state index in [0.717, 1.165) is 11.8 Å². The predicted octanol–water partition coefficient (Wildman–Crippen LogP) is 3.63. The Labute approximate surface area is 88.8 Å². The highest BCUT2D eigenvalue weighted by molar-refractivity contribution is 9.09. The lowest BCUT2D eigenvalue weighted by molar-refractivity contribution is -0.107. The molecule has 1 unspecified atom stereocenters. The summed E-state index contributed by atoms with van der Waals surface area (Å²) in [5, 5.41) is 0.950. The van der Waals surface area contributed by atoms with Gasteiger partial charge in [0, 0.05) is 0 Å². The lowest BCUT2D eigenvalue weighted by Gasteiger charge is -2.03. The molecule has 0 bridgehead atoms. The summed E-state index contributed by atoms with van der Waals surface area (Å²) in [6.45, 7) is 0. The van der Waals surface area contributed by atoms with Crippen LogP contribution in [0.5, 0.6) is 0 Å². The van der Waals surface area contributed by atoms with Gasteiger partial charge < -0.3 is 4.79 Å². The SMILES string of the molecule is O=CC(Br)c1ccc(Cl)c(Cl)c1. The van der Waals surface area contributed by atoms with Gasteiger partial charge in [0.25, 0.3) is 0 Å². The van der Waals surface area contributed by atoms with E-state index in [-0.39, 0.29) is 4.83 Å². The van der Waals surface area contributed by atoms with Crippen LogP contribution in [0.4, 0.5) is 0 Å². The summed E-state index contributed by atoms with van der Waals surface area (Å²) < 4.78 is 0. The fraction of sp³-hybridized carbons (Fsp3) is 0.125. The van der Waals surface area contributed by atoms with Crippen molar-refractivity contribution < 1.29 is 4.79 Å². The lowest BCUT2D eigenvalue weighted by atomic mass is 10.2. The molecule has 0 saturated heterocycles. The van der Waals surface area contributed by atoms with Crippen molar-refractivity contribution in [2.24, 2.45) is 0 Å². The first-order valence-corrected chi connectivity index (χ1v) is 4.86. The number of carbonyl (C=O) groups is 1. The minimum absolute atomic E-state index is 0.313. The van der Waals surface area contributed by atoms with E-state index in [0.29, 0.717) is 10.0 Å². The molecule has 0 aliphatic heterocycles. The molecule has 0 heterocycles. The zero-order chi connectivity index (χ0) is 9.14. The molecular formula is C8H5BrCl2O. The average molecular weight is 268 g/mol. The molecule has 0 radical (unpaired) electrons. The van der Waals surface area contributed by atoms with Gasteiger partial charge in [-0.15, -0.1) is 0 Å². The van der Waals surface area contributed by atoms with Crippen molar-refractivity contribution in [3.63, 3.8) is 0 Å². The standard InChI is InChI=1S/C8H5BrCl2O/c9-6(4-12)5-1-2-7(10)8(11)3-5/h1-4,6H. The molecule has 0 fully saturated rings. The van der Waals surface area contributed by atoms with Crippen LogP contribution in [-0.4, -0.2) is 6.29 Å². The summed E-state index contributed by atoms with van der Waals surface area (Å²) in [5.74, 6) is 0. The van der Waals surface area contributed by atoms with E-state index in [1.54, 1.807) is 18.2 Å². The zero-order valence-electron chi connectivity index (χ0n) is 5.93. The van der Waals surface area contributed by atoms with Gasteiger partial charge in [-0.1, -0.05) is 45.2 Å². The molecule has 1 rings (SSSR count). The Kier molecular flexibility index (Phi) is 3.56. The highest BCUT2D eigenvalue weighted by atomic mass is 79.9. The van der Waals surface area contributed by atoms with Gasteiger partial charge in [0.1, 0.15) is 6.29 Å². The van der Waals surface area contributed by atoms with Crippen LogP contribution in [0.25, 0.3) is 0 Å². The van der Waals surface area contributed by atoms with Crippen LogP contribution in [0.15, 0.2) is 18.2 Å². The van der Waals surface area contributed by atoms with Crippen LogP contribution in [0.1, 0.15) is 10.4 Å². The third-order valence-corrected chi connectivity index (χ3v) is 2.87. The molecule has 1 atom stereocenters. The van der Waals surface area contributed by atoms with E-state index in [9.17, 15) is 4.79 Å². The molecule has 0 saturated carbocycles. The van der Waals surface area contributed by atoms with Gasteiger partial charge in [-0.25, -0.2) is 0 Å². The van der Waals surface area contributed by atoms with Crippen LogP contribution in [0.2, 0.25) is 10.0 Å². The quantitative estimate of drug-likeness (QED) is 0.591. The van der Waals surface area contributed by atoms with E-state index in [1.807, 2.05) is 0 Å². The number of rotatable bonds is 2. The Morgan fingerprint density at radius 2 is 2.00 bits per heavy atom. The minimum Gasteiger partial charge on any atom is -0.302 e. The lowest BCUT2D eigenvalue weighted by Crippen LogP contribution is -1.89. The maximum Gasteiger partial charge on any atom is 0.138 e. The fourth-order valence-electron chi connectivity index (χ4n) is 0.762. The van der Waals surface area contributed by atoms with Gasteiger partial charge in [-0.3, -0.25) is 0 Å². The van der Waals surface area contributed by atoms with Gasteiger partial charge in [-0.05, 0) is 17.7 Å². The van der Waals surface area contributed by atoms with Crippen molar-refractivity contribution in [3.05, 3.63) is 33.8 Å². The summed E-state index contributed by atoms with van der Waals surface area (Å²) in [4.78, 5) is 10.1. The summed E-state index contributed by atoms with van der Waals surface area (Å²) in [7, 11) is 0. The molecule has 4 heteroatoms. The van der Waals surface area contributed by atoms with Crippen molar-refractivity contribution in [1.82, 2.24) is 0 Å². The van der Waals surface area contributed by atoms with E-state index in [1.165, 1.54) is 0 Å². The van der Waals surface area contributed by atoms with E-state index in [2.05, 4.69) is 15.9 Å². The molecule has 12 heavy (non-hydrogen) atoms. The molecular weight excluding hydrogens is 263 g/mol. The number of carbonyl (C=O) groups excluding carboxylic acids is 1. The first-order chi connectivity index (χ1) is 5.65. The third-order valence-electron chi connectivity index (χ3n) is 1.38. The summed E-state index contributed by atoms with van der Waals surface area (Å²) in [6, 6.07) is 5.08. The molecule has 1 aromatic rings. The average Bonchev–Trinajstić information content (AvgIpc) is 2.08. The molecule has 64 valence electrons. The van der Waals surface area contributed by atoms with Gasteiger partial charge in [0.05, 0.1) is 14.9 Å². The Balaban J connectivity index is 3.04. The van der Waals surface area contributed by atoms with E-state index in [4.69, 9.17) is 23.2 Å². The highest BCUT2D eigenvalue weighted by Crippen LogP contribution is 2.28. The molecule has 1 nitrogen and oxygen atoms in total. The Morgan fingerprint density at radius 3 is 2.50 bits per heavy atom. The molecule has 1 aromatic carbocycles. The molecule has 0 aliphatic carbocycles. The maximum atomic E-state index is 10.4. The van der Waals surface area contributed by atoms with Crippen LogP contribution in [0.3, 0.4) is 0 Å². The highest BCUT2D eigenvalue weighted by Gasteiger charge is 2.06. The van der Waals surface area contributed by atoms with Gasteiger partial charge in [0.15, 0.2) is 0 Å². The fourth-order valence-corrected chi connectivity index (χ4v) is 1.35. The van der Waals surface area contributed by atoms with Crippen LogP contribution < -0.4 is 0 Å². The smallest absolute Gasteiger partial charge is 0.138 e.